The van der Waals surface area contributed by atoms with Crippen LogP contribution < -0.4 is 0 Å². The molecule has 0 aromatic heterocycles. The molecule has 0 heterocycles. The number of carbonyl (C=O) groups is 3. The fourth-order valence-corrected chi connectivity index (χ4v) is 4.32. The smallest absolute Gasteiger partial charge is 0.362 e. The van der Waals surface area contributed by atoms with Crippen molar-refractivity contribution in [3.63, 3.8) is 0 Å². The molecule has 0 aliphatic rings. The summed E-state index contributed by atoms with van der Waals surface area (Å²) in [5, 5.41) is 9.55. The first kappa shape index (κ1) is 45.2. The third-order valence-corrected chi connectivity index (χ3v) is 7.03. The number of aliphatic carboxylic acids is 1. The summed E-state index contributed by atoms with van der Waals surface area (Å²) >= 11 is 0. The van der Waals surface area contributed by atoms with Gasteiger partial charge in [0.05, 0.1) is 40.8 Å². The molecule has 0 saturated heterocycles. The van der Waals surface area contributed by atoms with Gasteiger partial charge in [0, 0.05) is 12.8 Å². The molecule has 0 spiro atoms. The van der Waals surface area contributed by atoms with Crippen molar-refractivity contribution in [3.05, 3.63) is 97.2 Å². The van der Waals surface area contributed by atoms with E-state index >= 15 is 0 Å². The topological polar surface area (TPSA) is 99.1 Å². The lowest BCUT2D eigenvalue weighted by Crippen LogP contribution is -2.50. The number of carbonyl (C=O) groups excluding carboxylic acids is 2. The molecule has 0 aromatic carbocycles. The van der Waals surface area contributed by atoms with E-state index in [0.717, 1.165) is 44.9 Å². The van der Waals surface area contributed by atoms with Gasteiger partial charge in [0.25, 0.3) is 0 Å². The number of esters is 2. The Bertz CT molecular complexity index is 1120. The van der Waals surface area contributed by atoms with Crippen LogP contribution >= 0.6 is 0 Å². The number of quaternary nitrogens is 1. The molecule has 8 heteroatoms. The highest BCUT2D eigenvalue weighted by Crippen LogP contribution is 2.09. The predicted octanol–water partition coefficient (Wildman–Crippen LogP) is 8.79. The number of likely N-dealkylation sites (N-methyl/N-ethyl adjacent to an activating group) is 1. The maximum absolute atomic E-state index is 12.5. The van der Waals surface area contributed by atoms with Crippen LogP contribution in [0.1, 0.15) is 90.9 Å². The summed E-state index contributed by atoms with van der Waals surface area (Å²) in [5.74, 6) is -1.75. The van der Waals surface area contributed by atoms with Crippen molar-refractivity contribution in [2.24, 2.45) is 0 Å². The van der Waals surface area contributed by atoms with Gasteiger partial charge in [-0.15, -0.1) is 0 Å². The Morgan fingerprint density at radius 3 is 1.51 bits per heavy atom. The standard InChI is InChI=1S/C41H63NO7/c1-6-8-10-12-14-16-17-18-19-20-21-22-24-25-27-29-31-39(43)48-36-37(35-47-34-33-38(41(45)46)42(3,4)5)49-40(44)32-30-28-26-23-15-13-11-9-7-2/h8-11,14-16,18-19,21-23,25,27-28,30,37-38H,6-7,12-13,17,20,24,26,29,31-36H2,1-5H3/p+1/b10-8+,11-9+,16-14+,19-18+,22-21+,23-15+,27-25+,30-28+. The van der Waals surface area contributed by atoms with Gasteiger partial charge in [-0.05, 0) is 57.8 Å². The summed E-state index contributed by atoms with van der Waals surface area (Å²) in [6.07, 6.45) is 40.8. The molecule has 8 nitrogen and oxygen atoms in total. The highest BCUT2D eigenvalue weighted by Gasteiger charge is 2.31. The van der Waals surface area contributed by atoms with Gasteiger partial charge in [0.1, 0.15) is 6.61 Å². The molecule has 2 unspecified atom stereocenters. The SMILES string of the molecule is CC/C=C/C/C=C/C/C=C/C/C=C/C/C=C/CCC(=O)OCC(COCCC(C(=O)O)[N+](C)(C)C)OC(=O)C/C=C/C/C=C/C/C=C/CC. The number of carboxylic acids is 1. The molecule has 49 heavy (non-hydrogen) atoms. The Labute approximate surface area is 296 Å². The fourth-order valence-electron chi connectivity index (χ4n) is 4.32. The summed E-state index contributed by atoms with van der Waals surface area (Å²) in [6, 6.07) is -0.642. The zero-order valence-corrected chi connectivity index (χ0v) is 30.8. The van der Waals surface area contributed by atoms with Crippen LogP contribution in [0.25, 0.3) is 0 Å². The largest absolute Gasteiger partial charge is 0.477 e. The van der Waals surface area contributed by atoms with E-state index < -0.39 is 30.1 Å². The zero-order valence-electron chi connectivity index (χ0n) is 30.8. The molecule has 0 aliphatic heterocycles. The zero-order chi connectivity index (χ0) is 36.4. The Morgan fingerprint density at radius 1 is 0.612 bits per heavy atom. The molecule has 0 rings (SSSR count). The van der Waals surface area contributed by atoms with Crippen molar-refractivity contribution in [2.75, 3.05) is 41.0 Å². The van der Waals surface area contributed by atoms with Crippen LogP contribution in [0, 0.1) is 0 Å². The minimum Gasteiger partial charge on any atom is -0.477 e. The number of hydrogen-bond acceptors (Lipinski definition) is 6. The van der Waals surface area contributed by atoms with Gasteiger partial charge >= 0.3 is 17.9 Å². The molecule has 0 radical (unpaired) electrons. The third kappa shape index (κ3) is 30.1. The molecule has 0 aromatic rings. The third-order valence-electron chi connectivity index (χ3n) is 7.03. The van der Waals surface area contributed by atoms with E-state index in [1.54, 1.807) is 6.08 Å². The molecule has 0 amide bonds. The van der Waals surface area contributed by atoms with Crippen LogP contribution in [0.15, 0.2) is 97.2 Å². The van der Waals surface area contributed by atoms with Crippen LogP contribution in [0.4, 0.5) is 0 Å². The maximum Gasteiger partial charge on any atom is 0.362 e. The Hall–Kier alpha value is -3.75. The number of rotatable bonds is 29. The van der Waals surface area contributed by atoms with Crippen molar-refractivity contribution in [3.8, 4) is 0 Å². The lowest BCUT2D eigenvalue weighted by atomic mass is 10.1. The van der Waals surface area contributed by atoms with Crippen molar-refractivity contribution >= 4 is 17.9 Å². The van der Waals surface area contributed by atoms with E-state index in [0.29, 0.717) is 12.8 Å². The van der Waals surface area contributed by atoms with E-state index in [2.05, 4.69) is 80.7 Å². The van der Waals surface area contributed by atoms with Crippen LogP contribution in [0.2, 0.25) is 0 Å². The van der Waals surface area contributed by atoms with Crippen molar-refractivity contribution in [1.82, 2.24) is 0 Å². The average Bonchev–Trinajstić information content (AvgIpc) is 3.05. The second-order valence-corrected chi connectivity index (χ2v) is 12.4. The molecule has 2 atom stereocenters. The van der Waals surface area contributed by atoms with Crippen molar-refractivity contribution < 1.29 is 38.2 Å². The van der Waals surface area contributed by atoms with E-state index in [1.165, 1.54) is 0 Å². The minimum atomic E-state index is -0.903. The number of carboxylic acid groups (broad SMARTS) is 1. The van der Waals surface area contributed by atoms with E-state index in [1.807, 2.05) is 45.4 Å². The Kier molecular flexibility index (Phi) is 29.1. The van der Waals surface area contributed by atoms with Crippen LogP contribution in [0.5, 0.6) is 0 Å². The molecule has 0 bridgehead atoms. The van der Waals surface area contributed by atoms with Gasteiger partial charge in [-0.25, -0.2) is 4.79 Å². The Morgan fingerprint density at radius 2 is 1.06 bits per heavy atom. The monoisotopic (exact) mass is 682 g/mol. The highest BCUT2D eigenvalue weighted by atomic mass is 16.6. The summed E-state index contributed by atoms with van der Waals surface area (Å²) in [6.45, 7) is 4.26. The first-order valence-corrected chi connectivity index (χ1v) is 17.8. The second kappa shape index (κ2) is 31.5. The predicted molar refractivity (Wildman–Crippen MR) is 201 cm³/mol. The molecule has 0 aliphatic carbocycles. The highest BCUT2D eigenvalue weighted by molar-refractivity contribution is 5.72. The van der Waals surface area contributed by atoms with Crippen molar-refractivity contribution in [1.29, 1.82) is 0 Å². The second-order valence-electron chi connectivity index (χ2n) is 12.4. The lowest BCUT2D eigenvalue weighted by molar-refractivity contribution is -0.887. The first-order valence-electron chi connectivity index (χ1n) is 17.8. The van der Waals surface area contributed by atoms with Gasteiger partial charge < -0.3 is 23.8 Å². The molecule has 1 N–H and O–H groups in total. The van der Waals surface area contributed by atoms with Gasteiger partial charge in [-0.3, -0.25) is 9.59 Å². The molecular weight excluding hydrogens is 618 g/mol. The normalized spacial score (nSPS) is 14.2. The van der Waals surface area contributed by atoms with Crippen molar-refractivity contribution in [2.45, 2.75) is 103 Å². The molecular formula is C41H64NO7+. The summed E-state index contributed by atoms with van der Waals surface area (Å²) in [4.78, 5) is 36.5. The number of nitrogens with zero attached hydrogens (tertiary/aromatic N) is 1. The van der Waals surface area contributed by atoms with Gasteiger partial charge in [-0.2, -0.15) is 0 Å². The fraction of sp³-hybridized carbons (Fsp3) is 0.537. The first-order chi connectivity index (χ1) is 23.6. The summed E-state index contributed by atoms with van der Waals surface area (Å²) in [5.41, 5.74) is 0. The summed E-state index contributed by atoms with van der Waals surface area (Å²) in [7, 11) is 5.44. The van der Waals surface area contributed by atoms with Crippen LogP contribution in [0.3, 0.4) is 0 Å². The molecule has 0 saturated carbocycles. The van der Waals surface area contributed by atoms with E-state index in [-0.39, 0.29) is 43.6 Å². The lowest BCUT2D eigenvalue weighted by Gasteiger charge is -2.31. The van der Waals surface area contributed by atoms with Gasteiger partial charge in [-0.1, -0.05) is 111 Å². The van der Waals surface area contributed by atoms with E-state index in [4.69, 9.17) is 14.2 Å². The minimum absolute atomic E-state index is 0.00496. The molecule has 0 fully saturated rings. The quantitative estimate of drug-likeness (QED) is 0.0364. The maximum atomic E-state index is 12.5. The number of allylic oxidation sites excluding steroid dienone is 15. The van der Waals surface area contributed by atoms with E-state index in [9.17, 15) is 19.5 Å². The molecule has 274 valence electrons. The number of hydrogen-bond donors (Lipinski definition) is 1. The average molecular weight is 683 g/mol. The Balaban J connectivity index is 4.65. The van der Waals surface area contributed by atoms with Gasteiger partial charge in [0.15, 0.2) is 12.1 Å². The van der Waals surface area contributed by atoms with Gasteiger partial charge in [0.2, 0.25) is 0 Å². The number of ether oxygens (including phenoxy) is 3. The van der Waals surface area contributed by atoms with Crippen LogP contribution in [-0.4, -0.2) is 80.6 Å². The summed E-state index contributed by atoms with van der Waals surface area (Å²) < 4.78 is 16.9. The van der Waals surface area contributed by atoms with Crippen LogP contribution in [-0.2, 0) is 28.6 Å².